The van der Waals surface area contributed by atoms with E-state index in [9.17, 15) is 0 Å². The summed E-state index contributed by atoms with van der Waals surface area (Å²) in [5, 5.41) is 0. The van der Waals surface area contributed by atoms with E-state index in [4.69, 9.17) is 0 Å². The minimum atomic E-state index is -0.526. The summed E-state index contributed by atoms with van der Waals surface area (Å²) in [7, 11) is 0. The predicted molar refractivity (Wildman–Crippen MR) is 316 cm³/mol. The largest absolute Gasteiger partial charge is 0.0726 e. The van der Waals surface area contributed by atoms with Crippen molar-refractivity contribution in [3.8, 4) is 44.5 Å². The molecule has 1 unspecified atom stereocenters. The van der Waals surface area contributed by atoms with Crippen LogP contribution in [0.3, 0.4) is 0 Å². The van der Waals surface area contributed by atoms with Crippen LogP contribution in [-0.2, 0) is 44.3 Å². The highest BCUT2D eigenvalue weighted by atomic mass is 14.6. The van der Waals surface area contributed by atoms with Gasteiger partial charge in [-0.05, 0) is 162 Å². The van der Waals surface area contributed by atoms with E-state index in [1.165, 1.54) is 128 Å². The number of benzene rings is 8. The molecule has 0 saturated carbocycles. The van der Waals surface area contributed by atoms with Crippen molar-refractivity contribution in [2.75, 3.05) is 0 Å². The van der Waals surface area contributed by atoms with Gasteiger partial charge in [-0.25, -0.2) is 0 Å². The third-order valence-corrected chi connectivity index (χ3v) is 18.6. The molecule has 0 bridgehead atoms. The molecule has 8 aromatic rings. The molecule has 0 radical (unpaired) electrons. The number of hydrogen-bond donors (Lipinski definition) is 0. The smallest absolute Gasteiger partial charge is 0.0619 e. The van der Waals surface area contributed by atoms with Crippen molar-refractivity contribution in [2.24, 2.45) is 0 Å². The summed E-state index contributed by atoms with van der Waals surface area (Å²) in [6.45, 7) is 38.5. The van der Waals surface area contributed by atoms with Gasteiger partial charge in [0, 0.05) is 16.7 Å². The minimum Gasteiger partial charge on any atom is -0.0619 e. The van der Waals surface area contributed by atoms with E-state index in [-0.39, 0.29) is 38.4 Å². The van der Waals surface area contributed by atoms with E-state index in [0.717, 1.165) is 12.8 Å². The fourth-order valence-corrected chi connectivity index (χ4v) is 14.1. The Morgan fingerprint density at radius 2 is 0.730 bits per heavy atom. The average molecular weight is 967 g/mol. The van der Waals surface area contributed by atoms with Crippen molar-refractivity contribution >= 4 is 0 Å². The second kappa shape index (κ2) is 15.9. The van der Waals surface area contributed by atoms with Crippen LogP contribution in [-0.4, -0.2) is 0 Å². The zero-order valence-electron chi connectivity index (χ0n) is 47.4. The van der Waals surface area contributed by atoms with Crippen LogP contribution >= 0.6 is 0 Å². The zero-order valence-corrected chi connectivity index (χ0v) is 47.4. The summed E-state index contributed by atoms with van der Waals surface area (Å²) >= 11 is 0. The van der Waals surface area contributed by atoms with Gasteiger partial charge in [-0.15, -0.1) is 0 Å². The van der Waals surface area contributed by atoms with E-state index in [1.807, 2.05) is 0 Å². The van der Waals surface area contributed by atoms with E-state index < -0.39 is 5.41 Å². The first kappa shape index (κ1) is 48.7. The van der Waals surface area contributed by atoms with Gasteiger partial charge < -0.3 is 0 Å². The molecule has 0 saturated heterocycles. The van der Waals surface area contributed by atoms with Crippen molar-refractivity contribution in [1.29, 1.82) is 0 Å². The maximum atomic E-state index is 2.68. The monoisotopic (exact) mass is 967 g/mol. The molecule has 1 spiro atoms. The molecule has 4 aliphatic carbocycles. The second-order valence-electron chi connectivity index (χ2n) is 28.1. The Balaban J connectivity index is 1.16. The maximum Gasteiger partial charge on any atom is 0.0726 e. The fourth-order valence-electron chi connectivity index (χ4n) is 14.1. The van der Waals surface area contributed by atoms with Crippen LogP contribution in [0, 0.1) is 0 Å². The van der Waals surface area contributed by atoms with Crippen molar-refractivity contribution in [3.63, 3.8) is 0 Å². The van der Waals surface area contributed by atoms with Crippen LogP contribution in [0.25, 0.3) is 44.5 Å². The van der Waals surface area contributed by atoms with Gasteiger partial charge in [0.05, 0.1) is 5.41 Å². The second-order valence-corrected chi connectivity index (χ2v) is 28.1. The molecule has 0 aromatic heterocycles. The molecule has 0 N–H and O–H groups in total. The molecular weight excluding hydrogens is 889 g/mol. The lowest BCUT2D eigenvalue weighted by molar-refractivity contribution is 0.581. The normalized spacial score (nSPS) is 16.5. The van der Waals surface area contributed by atoms with Gasteiger partial charge in [-0.2, -0.15) is 0 Å². The van der Waals surface area contributed by atoms with Crippen LogP contribution in [0.5, 0.6) is 0 Å². The van der Waals surface area contributed by atoms with Gasteiger partial charge in [0.2, 0.25) is 0 Å². The molecule has 374 valence electrons. The van der Waals surface area contributed by atoms with Gasteiger partial charge in [0.15, 0.2) is 0 Å². The van der Waals surface area contributed by atoms with Crippen LogP contribution in [0.15, 0.2) is 152 Å². The Kier molecular flexibility index (Phi) is 10.5. The molecule has 4 aliphatic rings. The molecule has 0 heteroatoms. The van der Waals surface area contributed by atoms with Gasteiger partial charge in [0.1, 0.15) is 0 Å². The molecule has 74 heavy (non-hydrogen) atoms. The molecule has 0 nitrogen and oxygen atoms in total. The lowest BCUT2D eigenvalue weighted by Crippen LogP contribution is -2.29. The first-order chi connectivity index (χ1) is 34.7. The summed E-state index contributed by atoms with van der Waals surface area (Å²) in [6, 6.07) is 61.3. The minimum absolute atomic E-state index is 0.0286. The van der Waals surface area contributed by atoms with E-state index in [1.54, 1.807) is 0 Å². The molecule has 1 atom stereocenters. The standard InChI is InChI=1S/C74H78/c1-68(2,3)46-28-34-55-56-35-29-47(69(4,5)6)41-64(56)74(63(55)40-46)65-42-48(70(7,8)9)30-36-57(65)67-58(39-49(43-66(67)74)71(10,11)12)50(45-27-33-54-52-22-18-20-24-60(52)73(15,16)62(54)38-45)31-25-44-26-32-53-51-21-17-19-23-59(51)72(13,14)61(53)37-44/h17-24,26-30,32-43,50H,25,31H2,1-16H3. The van der Waals surface area contributed by atoms with Crippen molar-refractivity contribution in [1.82, 2.24) is 0 Å². The topological polar surface area (TPSA) is 0 Å². The van der Waals surface area contributed by atoms with Crippen LogP contribution < -0.4 is 0 Å². The molecule has 0 fully saturated rings. The van der Waals surface area contributed by atoms with Gasteiger partial charge in [0.25, 0.3) is 0 Å². The molecule has 0 aliphatic heterocycles. The summed E-state index contributed by atoms with van der Waals surface area (Å²) < 4.78 is 0. The highest BCUT2D eigenvalue weighted by molar-refractivity contribution is 5.97. The lowest BCUT2D eigenvalue weighted by atomic mass is 9.67. The molecule has 0 heterocycles. The van der Waals surface area contributed by atoms with Gasteiger partial charge >= 0.3 is 0 Å². The van der Waals surface area contributed by atoms with E-state index in [0.29, 0.717) is 0 Å². The Bertz CT molecular complexity index is 3580. The van der Waals surface area contributed by atoms with Crippen molar-refractivity contribution in [2.45, 2.75) is 167 Å². The molecule has 0 amide bonds. The van der Waals surface area contributed by atoms with E-state index in [2.05, 4.69) is 262 Å². The Labute approximate surface area is 444 Å². The number of aryl methyl sites for hydroxylation is 1. The lowest BCUT2D eigenvalue weighted by Gasteiger charge is -2.35. The Morgan fingerprint density at radius 1 is 0.338 bits per heavy atom. The Morgan fingerprint density at radius 3 is 1.23 bits per heavy atom. The fraction of sp³-hybridized carbons (Fsp3) is 0.351. The quantitative estimate of drug-likeness (QED) is 0.161. The summed E-state index contributed by atoms with van der Waals surface area (Å²) in [5.74, 6) is 0.113. The average Bonchev–Trinajstić information content (AvgIpc) is 4.00. The highest BCUT2D eigenvalue weighted by Crippen LogP contribution is 2.66. The van der Waals surface area contributed by atoms with E-state index >= 15 is 0 Å². The first-order valence-electron chi connectivity index (χ1n) is 27.8. The van der Waals surface area contributed by atoms with Crippen LogP contribution in [0.4, 0.5) is 0 Å². The third kappa shape index (κ3) is 7.05. The van der Waals surface area contributed by atoms with Crippen molar-refractivity contribution in [3.05, 3.63) is 235 Å². The third-order valence-electron chi connectivity index (χ3n) is 18.6. The van der Waals surface area contributed by atoms with Crippen LogP contribution in [0.2, 0.25) is 0 Å². The Hall–Kier alpha value is -6.24. The summed E-state index contributed by atoms with van der Waals surface area (Å²) in [6.07, 6.45) is 1.95. The predicted octanol–water partition coefficient (Wildman–Crippen LogP) is 19.6. The van der Waals surface area contributed by atoms with Crippen molar-refractivity contribution < 1.29 is 0 Å². The van der Waals surface area contributed by atoms with Crippen LogP contribution in [0.1, 0.15) is 207 Å². The highest BCUT2D eigenvalue weighted by Gasteiger charge is 2.54. The van der Waals surface area contributed by atoms with Gasteiger partial charge in [-0.3, -0.25) is 0 Å². The first-order valence-corrected chi connectivity index (χ1v) is 27.8. The SMILES string of the molecule is CC(C)(C)c1ccc2c(c1)C1(c3cc(C(C)(C)C)ccc3-2)c2cc(C(C)(C)C)ccc2-c2c(C(CCc3ccc4c(c3)C(C)(C)c3ccccc3-4)c3ccc4c(c3)C(C)(C)c3ccccc3-4)cc(C(C)(C)C)cc21. The molecule has 12 rings (SSSR count). The summed E-state index contributed by atoms with van der Waals surface area (Å²) in [4.78, 5) is 0. The van der Waals surface area contributed by atoms with Gasteiger partial charge in [-0.1, -0.05) is 262 Å². The molecular formula is C74H78. The zero-order chi connectivity index (χ0) is 52.4. The number of fused-ring (bicyclic) bond motifs is 16. The summed E-state index contributed by atoms with van der Waals surface area (Å²) in [5.41, 5.74) is 31.5. The molecule has 8 aromatic carbocycles. The number of hydrogen-bond acceptors (Lipinski definition) is 0. The number of rotatable bonds is 5. The maximum absolute atomic E-state index is 2.68.